The van der Waals surface area contributed by atoms with Crippen molar-refractivity contribution in [3.05, 3.63) is 0 Å². The normalized spacial score (nSPS) is 18.9. The minimum atomic E-state index is -0.0909. The zero-order valence-corrected chi connectivity index (χ0v) is 9.55. The summed E-state index contributed by atoms with van der Waals surface area (Å²) in [6.07, 6.45) is 5.56. The zero-order chi connectivity index (χ0) is 11.8. The number of terminal acetylenes is 1. The van der Waals surface area contributed by atoms with Gasteiger partial charge in [0.2, 0.25) is 12.3 Å². The summed E-state index contributed by atoms with van der Waals surface area (Å²) < 4.78 is 0. The molecule has 4 nitrogen and oxygen atoms in total. The Morgan fingerprint density at radius 1 is 1.69 bits per heavy atom. The summed E-state index contributed by atoms with van der Waals surface area (Å²) in [5.74, 6) is 9.32. The van der Waals surface area contributed by atoms with Gasteiger partial charge in [0.1, 0.15) is 0 Å². The fourth-order valence-corrected chi connectivity index (χ4v) is 2.37. The van der Waals surface area contributed by atoms with Gasteiger partial charge in [0.25, 0.3) is 0 Å². The van der Waals surface area contributed by atoms with E-state index in [0.717, 1.165) is 5.75 Å². The minimum Gasteiger partial charge on any atom is -0.350 e. The highest BCUT2D eigenvalue weighted by atomic mass is 32.2. The first kappa shape index (κ1) is 12.5. The van der Waals surface area contributed by atoms with Crippen molar-refractivity contribution in [2.45, 2.75) is 0 Å². The predicted molar refractivity (Wildman–Crippen MR) is 63.2 cm³/mol. The topological polar surface area (TPSA) is 49.4 Å². The second-order valence-corrected chi connectivity index (χ2v) is 4.23. The van der Waals surface area contributed by atoms with Gasteiger partial charge in [-0.05, 0) is 11.8 Å². The lowest BCUT2D eigenvalue weighted by atomic mass is 10.1. The third-order valence-corrected chi connectivity index (χ3v) is 3.18. The van der Waals surface area contributed by atoms with E-state index in [-0.39, 0.29) is 18.4 Å². The third kappa shape index (κ3) is 3.88. The number of nitrogens with one attached hydrogen (secondary N) is 1. The summed E-state index contributed by atoms with van der Waals surface area (Å²) in [4.78, 5) is 23.3. The van der Waals surface area contributed by atoms with E-state index < -0.39 is 0 Å². The van der Waals surface area contributed by atoms with Crippen molar-refractivity contribution in [1.29, 1.82) is 0 Å². The molecule has 1 heterocycles. The summed E-state index contributed by atoms with van der Waals surface area (Å²) in [6, 6.07) is 0. The Hall–Kier alpha value is -1.59. The number of hydrogen-bond donors (Lipinski definition) is 1. The fourth-order valence-electron chi connectivity index (χ4n) is 1.32. The van der Waals surface area contributed by atoms with E-state index in [4.69, 9.17) is 6.42 Å². The van der Waals surface area contributed by atoms with Crippen molar-refractivity contribution < 1.29 is 9.59 Å². The van der Waals surface area contributed by atoms with Gasteiger partial charge in [-0.15, -0.1) is 18.2 Å². The van der Waals surface area contributed by atoms with Crippen molar-refractivity contribution in [3.8, 4) is 24.2 Å². The number of amides is 2. The van der Waals surface area contributed by atoms with E-state index >= 15 is 0 Å². The van der Waals surface area contributed by atoms with Crippen molar-refractivity contribution >= 4 is 24.1 Å². The Morgan fingerprint density at radius 2 is 2.50 bits per heavy atom. The van der Waals surface area contributed by atoms with Gasteiger partial charge in [0.15, 0.2) is 0 Å². The number of nitrogens with zero attached hydrogens (tertiary/aromatic N) is 1. The summed E-state index contributed by atoms with van der Waals surface area (Å²) in [6.45, 7) is 0.625. The van der Waals surface area contributed by atoms with Gasteiger partial charge >= 0.3 is 0 Å². The predicted octanol–water partition coefficient (Wildman–Crippen LogP) is -0.482. The average molecular weight is 236 g/mol. The molecule has 0 radical (unpaired) electrons. The van der Waals surface area contributed by atoms with Gasteiger partial charge in [-0.1, -0.05) is 5.92 Å². The molecule has 1 saturated heterocycles. The van der Waals surface area contributed by atoms with Crippen LogP contribution in [0.3, 0.4) is 0 Å². The molecule has 1 atom stereocenters. The Balaban J connectivity index is 2.47. The molecule has 5 heteroatoms. The van der Waals surface area contributed by atoms with Crippen LogP contribution in [0.1, 0.15) is 0 Å². The largest absolute Gasteiger partial charge is 0.350 e. The van der Waals surface area contributed by atoms with Crippen LogP contribution in [0.2, 0.25) is 0 Å². The monoisotopic (exact) mass is 236 g/mol. The Bertz CT molecular complexity index is 364. The van der Waals surface area contributed by atoms with Crippen LogP contribution in [0, 0.1) is 30.1 Å². The van der Waals surface area contributed by atoms with Crippen LogP contribution in [0.4, 0.5) is 0 Å². The molecule has 1 aliphatic rings. The summed E-state index contributed by atoms with van der Waals surface area (Å²) in [5.41, 5.74) is 0. The molecule has 0 aliphatic carbocycles. The van der Waals surface area contributed by atoms with Crippen LogP contribution in [0.25, 0.3) is 0 Å². The Kier molecular flexibility index (Phi) is 5.31. The summed E-state index contributed by atoms with van der Waals surface area (Å²) >= 11 is 1.64. The molecule has 1 N–H and O–H groups in total. The van der Waals surface area contributed by atoms with Gasteiger partial charge in [-0.2, -0.15) is 0 Å². The number of carbonyl (C=O) groups excluding carboxylic acids is 2. The highest BCUT2D eigenvalue weighted by Gasteiger charge is 2.22. The maximum absolute atomic E-state index is 11.6. The fraction of sp³-hybridized carbons (Fsp3) is 0.455. The van der Waals surface area contributed by atoms with E-state index in [1.165, 1.54) is 0 Å². The molecule has 16 heavy (non-hydrogen) atoms. The number of hydrogen-bond acceptors (Lipinski definition) is 3. The molecule has 0 unspecified atom stereocenters. The Labute approximate surface area is 99.1 Å². The van der Waals surface area contributed by atoms with Gasteiger partial charge in [-0.25, -0.2) is 0 Å². The second-order valence-electron chi connectivity index (χ2n) is 3.23. The van der Waals surface area contributed by atoms with Crippen molar-refractivity contribution in [2.75, 3.05) is 24.7 Å². The smallest absolute Gasteiger partial charge is 0.242 e. The first-order valence-corrected chi connectivity index (χ1v) is 5.92. The number of thioether (sulfide) groups is 1. The number of carbonyl (C=O) groups is 2. The number of rotatable bonds is 3. The third-order valence-electron chi connectivity index (χ3n) is 2.04. The van der Waals surface area contributed by atoms with Gasteiger partial charge in [0.05, 0.1) is 12.4 Å². The molecule has 0 aromatic carbocycles. The first-order valence-electron chi connectivity index (χ1n) is 4.76. The average Bonchev–Trinajstić information content (AvgIpc) is 2.33. The summed E-state index contributed by atoms with van der Waals surface area (Å²) in [7, 11) is 0. The van der Waals surface area contributed by atoms with Gasteiger partial charge in [-0.3, -0.25) is 9.59 Å². The highest BCUT2D eigenvalue weighted by molar-refractivity contribution is 7.99. The molecule has 1 rings (SSSR count). The van der Waals surface area contributed by atoms with Crippen LogP contribution < -0.4 is 5.32 Å². The van der Waals surface area contributed by atoms with Gasteiger partial charge < -0.3 is 10.2 Å². The van der Waals surface area contributed by atoms with Crippen LogP contribution in [0.15, 0.2) is 0 Å². The molecule has 0 bridgehead atoms. The highest BCUT2D eigenvalue weighted by Crippen LogP contribution is 2.18. The molecule has 2 amide bonds. The first-order chi connectivity index (χ1) is 7.77. The quantitative estimate of drug-likeness (QED) is 0.532. The molecule has 0 saturated carbocycles. The van der Waals surface area contributed by atoms with Crippen molar-refractivity contribution in [1.82, 2.24) is 10.2 Å². The maximum atomic E-state index is 11.6. The van der Waals surface area contributed by atoms with E-state index in [9.17, 15) is 9.59 Å². The lowest BCUT2D eigenvalue weighted by molar-refractivity contribution is -0.130. The standard InChI is InChI=1S/C11H12N2O2S/c1-2-3-4-10-6-13(9-16-7-10)11(15)5-12-8-14/h1,8,10H,5-7,9H2,(H,12,14)/t10-/m1/s1. The second kappa shape index (κ2) is 6.81. The zero-order valence-electron chi connectivity index (χ0n) is 8.73. The van der Waals surface area contributed by atoms with Crippen molar-refractivity contribution in [2.24, 2.45) is 5.92 Å². The van der Waals surface area contributed by atoms with Gasteiger partial charge in [0, 0.05) is 18.2 Å². The van der Waals surface area contributed by atoms with E-state index in [1.54, 1.807) is 16.7 Å². The van der Waals surface area contributed by atoms with Crippen LogP contribution in [0.5, 0.6) is 0 Å². The molecular weight excluding hydrogens is 224 g/mol. The molecule has 0 spiro atoms. The summed E-state index contributed by atoms with van der Waals surface area (Å²) in [5, 5.41) is 2.35. The maximum Gasteiger partial charge on any atom is 0.242 e. The molecule has 1 aliphatic heterocycles. The van der Waals surface area contributed by atoms with Crippen LogP contribution in [-0.4, -0.2) is 41.9 Å². The van der Waals surface area contributed by atoms with Crippen LogP contribution in [-0.2, 0) is 9.59 Å². The SMILES string of the molecule is C#CC#C[C@H]1CSCN(C(=O)CNC=O)C1. The lowest BCUT2D eigenvalue weighted by Gasteiger charge is -2.29. The minimum absolute atomic E-state index is 0.0410. The van der Waals surface area contributed by atoms with Crippen LogP contribution >= 0.6 is 11.8 Å². The molecule has 84 valence electrons. The van der Waals surface area contributed by atoms with E-state index in [1.807, 2.05) is 0 Å². The molecule has 1 fully saturated rings. The molecule has 0 aromatic rings. The Morgan fingerprint density at radius 3 is 3.19 bits per heavy atom. The van der Waals surface area contributed by atoms with E-state index in [0.29, 0.717) is 18.8 Å². The van der Waals surface area contributed by atoms with Crippen molar-refractivity contribution in [3.63, 3.8) is 0 Å². The molecule has 0 aromatic heterocycles. The lowest BCUT2D eigenvalue weighted by Crippen LogP contribution is -2.43. The molecular formula is C11H12N2O2S. The van der Waals surface area contributed by atoms with E-state index in [2.05, 4.69) is 23.1 Å².